The molecule has 3 saturated heterocycles. The molecule has 4 unspecified atom stereocenters. The molecule has 3 aliphatic rings. The molecule has 0 bridgehead atoms. The van der Waals surface area contributed by atoms with Crippen molar-refractivity contribution in [3.05, 3.63) is 34.9 Å². The molecular weight excluding hydrogens is 363 g/mol. The van der Waals surface area contributed by atoms with E-state index in [9.17, 15) is 4.79 Å². The molecule has 4 atom stereocenters. The molecule has 3 aliphatic heterocycles. The first-order valence-corrected chi connectivity index (χ1v) is 8.98. The summed E-state index contributed by atoms with van der Waals surface area (Å²) in [6.07, 6.45) is 0.887. The van der Waals surface area contributed by atoms with Gasteiger partial charge in [0.25, 0.3) is 0 Å². The molecule has 4 rings (SSSR count). The fourth-order valence-corrected chi connectivity index (χ4v) is 4.19. The summed E-state index contributed by atoms with van der Waals surface area (Å²) in [6.45, 7) is 3.59. The molecule has 0 aliphatic carbocycles. The van der Waals surface area contributed by atoms with Gasteiger partial charge in [-0.15, -0.1) is 12.4 Å². The summed E-state index contributed by atoms with van der Waals surface area (Å²) < 4.78 is 5.87. The quantitative estimate of drug-likeness (QED) is 0.710. The van der Waals surface area contributed by atoms with Crippen LogP contribution in [-0.2, 0) is 9.53 Å². The van der Waals surface area contributed by atoms with Gasteiger partial charge in [-0.25, -0.2) is 5.43 Å². The maximum atomic E-state index is 13.0. The minimum absolute atomic E-state index is 0. The molecule has 1 aromatic carbocycles. The minimum atomic E-state index is -0.173. The Labute approximate surface area is 159 Å². The summed E-state index contributed by atoms with van der Waals surface area (Å²) in [5.41, 5.74) is 7.45. The molecule has 138 valence electrons. The van der Waals surface area contributed by atoms with Crippen molar-refractivity contribution >= 4 is 29.9 Å². The van der Waals surface area contributed by atoms with Crippen molar-refractivity contribution in [3.63, 3.8) is 0 Å². The lowest BCUT2D eigenvalue weighted by molar-refractivity contribution is -0.142. The van der Waals surface area contributed by atoms with Crippen LogP contribution in [0.15, 0.2) is 24.3 Å². The zero-order chi connectivity index (χ0) is 16.5. The zero-order valence-corrected chi connectivity index (χ0v) is 15.5. The van der Waals surface area contributed by atoms with Crippen molar-refractivity contribution in [1.82, 2.24) is 21.1 Å². The summed E-state index contributed by atoms with van der Waals surface area (Å²) in [5, 5.41) is 4.08. The number of nitrogens with zero attached hydrogens (tertiary/aromatic N) is 1. The summed E-state index contributed by atoms with van der Waals surface area (Å²) in [4.78, 5) is 14.9. The predicted octanol–water partition coefficient (Wildman–Crippen LogP) is 1.12. The highest BCUT2D eigenvalue weighted by Crippen LogP contribution is 2.29. The van der Waals surface area contributed by atoms with Gasteiger partial charge in [-0.3, -0.25) is 10.2 Å². The van der Waals surface area contributed by atoms with E-state index in [-0.39, 0.29) is 30.5 Å². The van der Waals surface area contributed by atoms with Crippen molar-refractivity contribution in [1.29, 1.82) is 0 Å². The van der Waals surface area contributed by atoms with Crippen LogP contribution >= 0.6 is 24.0 Å². The number of benzene rings is 1. The topological polar surface area (TPSA) is 65.6 Å². The van der Waals surface area contributed by atoms with Crippen molar-refractivity contribution in [2.45, 2.75) is 24.6 Å². The van der Waals surface area contributed by atoms with E-state index in [0.29, 0.717) is 36.7 Å². The Balaban J connectivity index is 0.00000182. The number of piperidine rings is 1. The maximum absolute atomic E-state index is 13.0. The second kappa shape index (κ2) is 8.20. The molecule has 1 aromatic rings. The third kappa shape index (κ3) is 3.79. The normalized spacial score (nSPS) is 32.0. The Hall–Kier alpha value is -0.890. The molecule has 1 amide bonds. The van der Waals surface area contributed by atoms with Crippen LogP contribution in [-0.4, -0.2) is 55.7 Å². The van der Waals surface area contributed by atoms with E-state index in [4.69, 9.17) is 16.3 Å². The molecule has 3 N–H and O–H groups in total. The van der Waals surface area contributed by atoms with Crippen LogP contribution in [0.2, 0.25) is 5.02 Å². The summed E-state index contributed by atoms with van der Waals surface area (Å²) >= 11 is 6.29. The van der Waals surface area contributed by atoms with Gasteiger partial charge in [0, 0.05) is 35.6 Å². The Bertz CT molecular complexity index is 618. The van der Waals surface area contributed by atoms with Crippen LogP contribution in [0.3, 0.4) is 0 Å². The number of rotatable bonds is 2. The highest BCUT2D eigenvalue weighted by molar-refractivity contribution is 6.31. The molecule has 0 aromatic heterocycles. The van der Waals surface area contributed by atoms with Gasteiger partial charge >= 0.3 is 0 Å². The van der Waals surface area contributed by atoms with E-state index in [2.05, 4.69) is 16.2 Å². The summed E-state index contributed by atoms with van der Waals surface area (Å²) in [7, 11) is 0. The summed E-state index contributed by atoms with van der Waals surface area (Å²) in [5.74, 6) is 0.451. The predicted molar refractivity (Wildman–Crippen MR) is 98.8 cm³/mol. The number of hydrogen-bond acceptors (Lipinski definition) is 5. The maximum Gasteiger partial charge on any atom is 0.241 e. The first kappa shape index (κ1) is 18.9. The lowest BCUT2D eigenvalue weighted by Gasteiger charge is -2.36. The largest absolute Gasteiger partial charge is 0.370 e. The number of morpholine rings is 1. The SMILES string of the molecule is Cl.O=C(C1NNC2CCNCC21)N1CCOC(c2ccccc2Cl)C1. The first-order valence-electron chi connectivity index (χ1n) is 8.60. The monoisotopic (exact) mass is 386 g/mol. The van der Waals surface area contributed by atoms with Crippen LogP contribution in [0, 0.1) is 5.92 Å². The van der Waals surface area contributed by atoms with Gasteiger partial charge < -0.3 is 15.0 Å². The number of carbonyl (C=O) groups is 1. The highest BCUT2D eigenvalue weighted by Gasteiger charge is 2.43. The molecule has 6 nitrogen and oxygen atoms in total. The number of nitrogens with one attached hydrogen (secondary N) is 3. The van der Waals surface area contributed by atoms with E-state index < -0.39 is 0 Å². The van der Waals surface area contributed by atoms with Gasteiger partial charge in [-0.2, -0.15) is 0 Å². The number of ether oxygens (including phenoxy) is 1. The molecule has 0 spiro atoms. The Morgan fingerprint density at radius 2 is 2.12 bits per heavy atom. The van der Waals surface area contributed by atoms with Crippen molar-refractivity contribution in [2.24, 2.45) is 5.92 Å². The van der Waals surface area contributed by atoms with Crippen molar-refractivity contribution < 1.29 is 9.53 Å². The molecule has 3 fully saturated rings. The highest BCUT2D eigenvalue weighted by atomic mass is 35.5. The smallest absolute Gasteiger partial charge is 0.241 e. The Morgan fingerprint density at radius 3 is 2.96 bits per heavy atom. The van der Waals surface area contributed by atoms with Gasteiger partial charge in [0.2, 0.25) is 5.91 Å². The number of hydrazine groups is 1. The Kier molecular flexibility index (Phi) is 6.20. The average molecular weight is 387 g/mol. The average Bonchev–Trinajstić information content (AvgIpc) is 3.06. The standard InChI is InChI=1S/C17H23ClN4O2.ClH/c18-13-4-2-1-3-11(13)15-10-22(7-8-24-15)17(23)16-12-9-19-6-5-14(12)20-21-16;/h1-4,12,14-16,19-21H,5-10H2;1H. The number of amides is 1. The van der Waals surface area contributed by atoms with Gasteiger partial charge in [-0.1, -0.05) is 29.8 Å². The van der Waals surface area contributed by atoms with Crippen molar-refractivity contribution in [2.75, 3.05) is 32.8 Å². The van der Waals surface area contributed by atoms with Crippen LogP contribution in [0.5, 0.6) is 0 Å². The van der Waals surface area contributed by atoms with Gasteiger partial charge in [0.1, 0.15) is 12.1 Å². The second-order valence-electron chi connectivity index (χ2n) is 6.69. The first-order chi connectivity index (χ1) is 11.7. The lowest BCUT2D eigenvalue weighted by atomic mass is 9.88. The molecule has 0 saturated carbocycles. The number of halogens is 2. The van der Waals surface area contributed by atoms with Crippen LogP contribution in [0.4, 0.5) is 0 Å². The molecule has 0 radical (unpaired) electrons. The van der Waals surface area contributed by atoms with E-state index in [1.54, 1.807) is 0 Å². The molecule has 25 heavy (non-hydrogen) atoms. The number of carbonyl (C=O) groups excluding carboxylic acids is 1. The fraction of sp³-hybridized carbons (Fsp3) is 0.588. The van der Waals surface area contributed by atoms with E-state index in [1.807, 2.05) is 29.2 Å². The minimum Gasteiger partial charge on any atom is -0.370 e. The summed E-state index contributed by atoms with van der Waals surface area (Å²) in [6, 6.07) is 7.89. The Morgan fingerprint density at radius 1 is 1.28 bits per heavy atom. The second-order valence-corrected chi connectivity index (χ2v) is 7.10. The van der Waals surface area contributed by atoms with Crippen LogP contribution in [0.1, 0.15) is 18.1 Å². The van der Waals surface area contributed by atoms with Gasteiger partial charge in [-0.05, 0) is 19.0 Å². The number of fused-ring (bicyclic) bond motifs is 1. The van der Waals surface area contributed by atoms with Crippen LogP contribution < -0.4 is 16.2 Å². The van der Waals surface area contributed by atoms with E-state index >= 15 is 0 Å². The molecule has 8 heteroatoms. The zero-order valence-electron chi connectivity index (χ0n) is 13.9. The molecule has 3 heterocycles. The third-order valence-corrected chi connectivity index (χ3v) is 5.62. The number of hydrogen-bond donors (Lipinski definition) is 3. The van der Waals surface area contributed by atoms with E-state index in [1.165, 1.54) is 0 Å². The lowest BCUT2D eigenvalue weighted by Crippen LogP contribution is -2.53. The van der Waals surface area contributed by atoms with Crippen molar-refractivity contribution in [3.8, 4) is 0 Å². The third-order valence-electron chi connectivity index (χ3n) is 5.28. The van der Waals surface area contributed by atoms with Gasteiger partial charge in [0.05, 0.1) is 13.2 Å². The van der Waals surface area contributed by atoms with Crippen LogP contribution in [0.25, 0.3) is 0 Å². The molecular formula is C17H24Cl2N4O2. The van der Waals surface area contributed by atoms with Gasteiger partial charge in [0.15, 0.2) is 0 Å². The van der Waals surface area contributed by atoms with E-state index in [0.717, 1.165) is 25.1 Å². The fourth-order valence-electron chi connectivity index (χ4n) is 3.93.